The van der Waals surface area contributed by atoms with Gasteiger partial charge in [-0.3, -0.25) is 9.69 Å². The number of nitrogens with zero attached hydrogens (tertiary/aromatic N) is 2. The van der Waals surface area contributed by atoms with E-state index in [-0.39, 0.29) is 0 Å². The van der Waals surface area contributed by atoms with E-state index in [4.69, 9.17) is 17.3 Å². The molecule has 122 valence electrons. The van der Waals surface area contributed by atoms with Crippen LogP contribution in [0.1, 0.15) is 49.4 Å². The van der Waals surface area contributed by atoms with Gasteiger partial charge >= 0.3 is 0 Å². The quantitative estimate of drug-likeness (QED) is 0.809. The van der Waals surface area contributed by atoms with Gasteiger partial charge in [-0.05, 0) is 38.4 Å². The Kier molecular flexibility index (Phi) is 6.46. The van der Waals surface area contributed by atoms with Crippen molar-refractivity contribution in [3.8, 4) is 0 Å². The Morgan fingerprint density at radius 1 is 1.55 bits per heavy atom. The van der Waals surface area contributed by atoms with Crippen molar-refractivity contribution in [3.05, 3.63) is 22.8 Å². The van der Waals surface area contributed by atoms with Gasteiger partial charge in [-0.1, -0.05) is 31.4 Å². The van der Waals surface area contributed by atoms with Gasteiger partial charge in [-0.25, -0.2) is 4.98 Å². The summed E-state index contributed by atoms with van der Waals surface area (Å²) in [5, 5.41) is 3.76. The predicted octanol–water partition coefficient (Wildman–Crippen LogP) is 2.90. The third-order valence-electron chi connectivity index (χ3n) is 4.18. The zero-order valence-corrected chi connectivity index (χ0v) is 13.9. The largest absolute Gasteiger partial charge is 0.367 e. The summed E-state index contributed by atoms with van der Waals surface area (Å²) in [6, 6.07) is 2.09. The molecule has 1 unspecified atom stereocenters. The van der Waals surface area contributed by atoms with Gasteiger partial charge in [0.05, 0.1) is 10.6 Å². The molecule has 0 radical (unpaired) electrons. The Morgan fingerprint density at radius 3 is 3.05 bits per heavy atom. The number of hydrogen-bond acceptors (Lipinski definition) is 4. The minimum absolute atomic E-state index is 0.331. The molecule has 0 aliphatic carbocycles. The number of nitrogens with two attached hydrogens (primary N) is 1. The van der Waals surface area contributed by atoms with Gasteiger partial charge in [-0.15, -0.1) is 0 Å². The molecule has 1 amide bonds. The molecule has 1 aromatic heterocycles. The molecule has 1 aromatic rings. The summed E-state index contributed by atoms with van der Waals surface area (Å²) in [5.41, 5.74) is 5.55. The summed E-state index contributed by atoms with van der Waals surface area (Å²) in [4.78, 5) is 17.9. The molecule has 0 saturated carbocycles. The molecule has 2 rings (SSSR count). The van der Waals surface area contributed by atoms with Crippen molar-refractivity contribution in [2.45, 2.75) is 45.1 Å². The number of halogens is 1. The number of carbonyl (C=O) groups excluding carboxylic acids is 1. The number of primary amides is 1. The average Bonchev–Trinajstić information content (AvgIpc) is 2.52. The van der Waals surface area contributed by atoms with E-state index in [0.29, 0.717) is 22.4 Å². The first-order valence-electron chi connectivity index (χ1n) is 8.05. The number of likely N-dealkylation sites (tertiary alicyclic amines) is 1. The zero-order valence-electron chi connectivity index (χ0n) is 13.1. The second-order valence-electron chi connectivity index (χ2n) is 5.84. The number of aromatic nitrogens is 1. The van der Waals surface area contributed by atoms with E-state index >= 15 is 0 Å². The Morgan fingerprint density at radius 2 is 2.36 bits per heavy atom. The first-order valence-corrected chi connectivity index (χ1v) is 8.43. The van der Waals surface area contributed by atoms with Crippen LogP contribution in [0.5, 0.6) is 0 Å². The monoisotopic (exact) mass is 324 g/mol. The summed E-state index contributed by atoms with van der Waals surface area (Å²) < 4.78 is 0. The van der Waals surface area contributed by atoms with Crippen LogP contribution in [0.3, 0.4) is 0 Å². The minimum atomic E-state index is -0.515. The van der Waals surface area contributed by atoms with Crippen LogP contribution in [-0.4, -0.2) is 41.5 Å². The summed E-state index contributed by atoms with van der Waals surface area (Å²) in [7, 11) is 0. The standard InChI is InChI=1S/C16H25ClN4O/c1-2-3-7-21-8-5-4-6-13(21)11-20-16-14(17)9-12(10-19-16)15(18)22/h9-10,13H,2-8,11H2,1H3,(H2,18,22)(H,19,20). The van der Waals surface area contributed by atoms with Crippen molar-refractivity contribution in [1.29, 1.82) is 0 Å². The SMILES string of the molecule is CCCCN1CCCCC1CNc1ncc(C(N)=O)cc1Cl. The maximum Gasteiger partial charge on any atom is 0.250 e. The number of hydrogen-bond donors (Lipinski definition) is 2. The lowest BCUT2D eigenvalue weighted by atomic mass is 10.0. The van der Waals surface area contributed by atoms with Gasteiger partial charge in [0.2, 0.25) is 5.91 Å². The van der Waals surface area contributed by atoms with Crippen LogP contribution in [0.15, 0.2) is 12.3 Å². The Hall–Kier alpha value is -1.33. The lowest BCUT2D eigenvalue weighted by molar-refractivity contribution is 0.1000. The molecule has 1 saturated heterocycles. The number of unbranched alkanes of at least 4 members (excludes halogenated alkanes) is 1. The lowest BCUT2D eigenvalue weighted by Crippen LogP contribution is -2.44. The minimum Gasteiger partial charge on any atom is -0.367 e. The average molecular weight is 325 g/mol. The van der Waals surface area contributed by atoms with E-state index in [1.54, 1.807) is 6.07 Å². The van der Waals surface area contributed by atoms with E-state index in [1.807, 2.05) is 0 Å². The van der Waals surface area contributed by atoms with Crippen LogP contribution in [0.25, 0.3) is 0 Å². The summed E-state index contributed by atoms with van der Waals surface area (Å²) >= 11 is 6.16. The third-order valence-corrected chi connectivity index (χ3v) is 4.47. The summed E-state index contributed by atoms with van der Waals surface area (Å²) in [6.07, 6.45) is 7.69. The fraction of sp³-hybridized carbons (Fsp3) is 0.625. The van der Waals surface area contributed by atoms with Gasteiger partial charge in [-0.2, -0.15) is 0 Å². The molecule has 1 aliphatic rings. The van der Waals surface area contributed by atoms with Crippen LogP contribution in [0.2, 0.25) is 5.02 Å². The highest BCUT2D eigenvalue weighted by atomic mass is 35.5. The van der Waals surface area contributed by atoms with E-state index in [2.05, 4.69) is 22.1 Å². The maximum atomic E-state index is 11.1. The Labute approximate surface area is 137 Å². The smallest absolute Gasteiger partial charge is 0.250 e. The van der Waals surface area contributed by atoms with Gasteiger partial charge < -0.3 is 11.1 Å². The molecule has 6 heteroatoms. The van der Waals surface area contributed by atoms with Crippen LogP contribution < -0.4 is 11.1 Å². The number of amides is 1. The Bertz CT molecular complexity index is 509. The van der Waals surface area contributed by atoms with Crippen molar-refractivity contribution in [3.63, 3.8) is 0 Å². The van der Waals surface area contributed by atoms with Crippen molar-refractivity contribution in [1.82, 2.24) is 9.88 Å². The number of anilines is 1. The maximum absolute atomic E-state index is 11.1. The topological polar surface area (TPSA) is 71.2 Å². The second kappa shape index (κ2) is 8.34. The fourth-order valence-corrected chi connectivity index (χ4v) is 3.10. The van der Waals surface area contributed by atoms with Crippen LogP contribution in [-0.2, 0) is 0 Å². The first-order chi connectivity index (χ1) is 10.6. The van der Waals surface area contributed by atoms with Crippen LogP contribution >= 0.6 is 11.6 Å². The second-order valence-corrected chi connectivity index (χ2v) is 6.25. The number of rotatable bonds is 7. The van der Waals surface area contributed by atoms with Gasteiger partial charge in [0.15, 0.2) is 0 Å². The van der Waals surface area contributed by atoms with Crippen molar-refractivity contribution >= 4 is 23.3 Å². The fourth-order valence-electron chi connectivity index (χ4n) is 2.86. The van der Waals surface area contributed by atoms with Crippen LogP contribution in [0, 0.1) is 0 Å². The molecular formula is C16H25ClN4O. The van der Waals surface area contributed by atoms with Gasteiger partial charge in [0.25, 0.3) is 0 Å². The highest BCUT2D eigenvalue weighted by molar-refractivity contribution is 6.33. The van der Waals surface area contributed by atoms with Crippen LogP contribution in [0.4, 0.5) is 5.82 Å². The number of pyridine rings is 1. The molecule has 1 fully saturated rings. The van der Waals surface area contributed by atoms with E-state index in [9.17, 15) is 4.79 Å². The van der Waals surface area contributed by atoms with Gasteiger partial charge in [0, 0.05) is 18.8 Å². The highest BCUT2D eigenvalue weighted by Gasteiger charge is 2.21. The molecule has 0 aromatic carbocycles. The normalized spacial score (nSPS) is 19.1. The molecular weight excluding hydrogens is 300 g/mol. The number of nitrogens with one attached hydrogen (secondary N) is 1. The lowest BCUT2D eigenvalue weighted by Gasteiger charge is -2.36. The Balaban J connectivity index is 1.94. The van der Waals surface area contributed by atoms with E-state index < -0.39 is 5.91 Å². The molecule has 22 heavy (non-hydrogen) atoms. The third kappa shape index (κ3) is 4.58. The summed E-state index contributed by atoms with van der Waals surface area (Å²) in [6.45, 7) is 5.38. The summed E-state index contributed by atoms with van der Waals surface area (Å²) in [5.74, 6) is 0.103. The molecule has 3 N–H and O–H groups in total. The molecule has 5 nitrogen and oxygen atoms in total. The first kappa shape index (κ1) is 17.0. The molecule has 2 heterocycles. The van der Waals surface area contributed by atoms with Crippen molar-refractivity contribution in [2.24, 2.45) is 5.73 Å². The van der Waals surface area contributed by atoms with E-state index in [0.717, 1.165) is 13.1 Å². The van der Waals surface area contributed by atoms with E-state index in [1.165, 1.54) is 44.8 Å². The highest BCUT2D eigenvalue weighted by Crippen LogP contribution is 2.22. The van der Waals surface area contributed by atoms with Crippen molar-refractivity contribution in [2.75, 3.05) is 25.0 Å². The van der Waals surface area contributed by atoms with Crippen molar-refractivity contribution < 1.29 is 4.79 Å². The molecule has 1 atom stereocenters. The van der Waals surface area contributed by atoms with Gasteiger partial charge in [0.1, 0.15) is 5.82 Å². The molecule has 0 spiro atoms. The number of piperidine rings is 1. The molecule has 1 aliphatic heterocycles. The molecule has 0 bridgehead atoms. The predicted molar refractivity (Wildman–Crippen MR) is 90.4 cm³/mol. The zero-order chi connectivity index (χ0) is 15.9. The number of carbonyl (C=O) groups is 1.